The number of nitrogens with one attached hydrogen (secondary N) is 1. The van der Waals surface area contributed by atoms with Crippen molar-refractivity contribution in [2.24, 2.45) is 0 Å². The fourth-order valence-corrected chi connectivity index (χ4v) is 3.27. The van der Waals surface area contributed by atoms with Crippen LogP contribution in [0.5, 0.6) is 0 Å². The van der Waals surface area contributed by atoms with Crippen molar-refractivity contribution >= 4 is 45.3 Å². The first-order chi connectivity index (χ1) is 11.4. The highest BCUT2D eigenvalue weighted by atomic mass is 79.9. The Morgan fingerprint density at radius 2 is 1.96 bits per heavy atom. The summed E-state index contributed by atoms with van der Waals surface area (Å²) in [5.74, 6) is -0.599. The summed E-state index contributed by atoms with van der Waals surface area (Å²) in [7, 11) is 0. The fraction of sp³-hybridized carbons (Fsp3) is 0.222. The average Bonchev–Trinajstić information content (AvgIpc) is 2.54. The molecule has 0 aromatic heterocycles. The fourth-order valence-electron chi connectivity index (χ4n) is 1.95. The van der Waals surface area contributed by atoms with Crippen LogP contribution in [0.1, 0.15) is 11.1 Å². The van der Waals surface area contributed by atoms with E-state index in [0.29, 0.717) is 5.69 Å². The van der Waals surface area contributed by atoms with Gasteiger partial charge in [0, 0.05) is 15.1 Å². The molecular formula is C18H18BrNO3S. The zero-order chi connectivity index (χ0) is 17.5. The van der Waals surface area contributed by atoms with Gasteiger partial charge in [-0.25, -0.2) is 0 Å². The molecule has 0 fully saturated rings. The molecule has 0 bridgehead atoms. The molecule has 0 aliphatic rings. The largest absolute Gasteiger partial charge is 0.455 e. The van der Waals surface area contributed by atoms with Gasteiger partial charge in [0.2, 0.25) is 0 Å². The molecule has 0 radical (unpaired) electrons. The number of benzene rings is 2. The number of hydrogen-bond acceptors (Lipinski definition) is 4. The van der Waals surface area contributed by atoms with Crippen LogP contribution >= 0.6 is 27.7 Å². The second-order valence-electron chi connectivity index (χ2n) is 5.28. The lowest BCUT2D eigenvalue weighted by molar-refractivity contribution is -0.144. The summed E-state index contributed by atoms with van der Waals surface area (Å²) in [4.78, 5) is 24.6. The third kappa shape index (κ3) is 6.02. The summed E-state index contributed by atoms with van der Waals surface area (Å²) in [6, 6.07) is 13.3. The van der Waals surface area contributed by atoms with Crippen LogP contribution in [0.2, 0.25) is 0 Å². The van der Waals surface area contributed by atoms with Crippen LogP contribution in [0, 0.1) is 13.8 Å². The Hall–Kier alpha value is -1.79. The molecule has 2 rings (SSSR count). The summed E-state index contributed by atoms with van der Waals surface area (Å²) in [5.41, 5.74) is 2.91. The van der Waals surface area contributed by atoms with Gasteiger partial charge in [-0.15, -0.1) is 11.8 Å². The standard InChI is InChI=1S/C18H18BrNO3S/c1-12-6-7-13(2)16(8-12)24-11-18(22)23-10-17(21)20-15-5-3-4-14(19)9-15/h3-9H,10-11H2,1-2H3,(H,20,21). The van der Waals surface area contributed by atoms with Crippen molar-refractivity contribution in [1.82, 2.24) is 0 Å². The van der Waals surface area contributed by atoms with Crippen molar-refractivity contribution < 1.29 is 14.3 Å². The maximum atomic E-state index is 11.8. The second kappa shape index (κ2) is 8.89. The summed E-state index contributed by atoms with van der Waals surface area (Å²) in [5, 5.41) is 2.68. The first kappa shape index (κ1) is 18.5. The van der Waals surface area contributed by atoms with Crippen molar-refractivity contribution in [3.8, 4) is 0 Å². The highest BCUT2D eigenvalue weighted by Crippen LogP contribution is 2.23. The van der Waals surface area contributed by atoms with Crippen LogP contribution in [0.25, 0.3) is 0 Å². The highest BCUT2D eigenvalue weighted by molar-refractivity contribution is 9.10. The van der Waals surface area contributed by atoms with Gasteiger partial charge in [-0.3, -0.25) is 9.59 Å². The molecule has 2 aromatic carbocycles. The molecule has 0 aliphatic carbocycles. The van der Waals surface area contributed by atoms with E-state index in [-0.39, 0.29) is 18.3 Å². The second-order valence-corrected chi connectivity index (χ2v) is 7.21. The minimum atomic E-state index is -0.412. The summed E-state index contributed by atoms with van der Waals surface area (Å²) in [6.45, 7) is 3.71. The van der Waals surface area contributed by atoms with Crippen LogP contribution in [0.15, 0.2) is 51.8 Å². The molecule has 24 heavy (non-hydrogen) atoms. The average molecular weight is 408 g/mol. The van der Waals surface area contributed by atoms with Gasteiger partial charge in [-0.05, 0) is 43.7 Å². The topological polar surface area (TPSA) is 55.4 Å². The lowest BCUT2D eigenvalue weighted by Crippen LogP contribution is -2.21. The van der Waals surface area contributed by atoms with Crippen molar-refractivity contribution in [3.63, 3.8) is 0 Å². The number of carbonyl (C=O) groups excluding carboxylic acids is 2. The quantitative estimate of drug-likeness (QED) is 0.571. The van der Waals surface area contributed by atoms with Crippen LogP contribution in [-0.4, -0.2) is 24.2 Å². The maximum absolute atomic E-state index is 11.8. The Balaban J connectivity index is 1.76. The molecular weight excluding hydrogens is 390 g/mol. The van der Waals surface area contributed by atoms with Crippen LogP contribution in [0.3, 0.4) is 0 Å². The predicted octanol–water partition coefficient (Wildman–Crippen LogP) is 4.34. The number of ether oxygens (including phenoxy) is 1. The number of esters is 1. The van der Waals surface area contributed by atoms with Crippen molar-refractivity contribution in [2.45, 2.75) is 18.7 Å². The van der Waals surface area contributed by atoms with E-state index < -0.39 is 5.97 Å². The third-order valence-electron chi connectivity index (χ3n) is 3.16. The molecule has 1 N–H and O–H groups in total. The number of amides is 1. The lowest BCUT2D eigenvalue weighted by atomic mass is 10.2. The van der Waals surface area contributed by atoms with E-state index in [4.69, 9.17) is 4.74 Å². The lowest BCUT2D eigenvalue weighted by Gasteiger charge is -2.08. The third-order valence-corrected chi connectivity index (χ3v) is 4.79. The van der Waals surface area contributed by atoms with Crippen molar-refractivity contribution in [1.29, 1.82) is 0 Å². The van der Waals surface area contributed by atoms with Crippen LogP contribution in [0.4, 0.5) is 5.69 Å². The van der Waals surface area contributed by atoms with E-state index in [0.717, 1.165) is 20.5 Å². The van der Waals surface area contributed by atoms with Gasteiger partial charge >= 0.3 is 5.97 Å². The van der Waals surface area contributed by atoms with Gasteiger partial charge in [-0.1, -0.05) is 39.7 Å². The minimum absolute atomic E-state index is 0.175. The number of carbonyl (C=O) groups is 2. The van der Waals surface area contributed by atoms with E-state index in [1.807, 2.05) is 44.2 Å². The number of anilines is 1. The van der Waals surface area contributed by atoms with E-state index in [2.05, 4.69) is 21.2 Å². The number of rotatable bonds is 6. The van der Waals surface area contributed by atoms with Gasteiger partial charge in [0.1, 0.15) is 0 Å². The number of hydrogen-bond donors (Lipinski definition) is 1. The van der Waals surface area contributed by atoms with Gasteiger partial charge in [0.15, 0.2) is 6.61 Å². The zero-order valence-electron chi connectivity index (χ0n) is 13.5. The predicted molar refractivity (Wildman–Crippen MR) is 100 cm³/mol. The number of thioether (sulfide) groups is 1. The molecule has 2 aromatic rings. The van der Waals surface area contributed by atoms with Gasteiger partial charge in [0.25, 0.3) is 5.91 Å². The molecule has 0 unspecified atom stereocenters. The monoisotopic (exact) mass is 407 g/mol. The first-order valence-corrected chi connectivity index (χ1v) is 9.13. The van der Waals surface area contributed by atoms with E-state index in [1.165, 1.54) is 11.8 Å². The molecule has 0 saturated heterocycles. The Bertz CT molecular complexity index is 749. The molecule has 6 heteroatoms. The molecule has 0 atom stereocenters. The molecule has 0 saturated carbocycles. The molecule has 0 spiro atoms. The van der Waals surface area contributed by atoms with Crippen molar-refractivity contribution in [3.05, 3.63) is 58.1 Å². The highest BCUT2D eigenvalue weighted by Gasteiger charge is 2.10. The Labute approximate surface area is 154 Å². The Morgan fingerprint density at radius 1 is 1.17 bits per heavy atom. The summed E-state index contributed by atoms with van der Waals surface area (Å²) >= 11 is 4.74. The van der Waals surface area contributed by atoms with Gasteiger partial charge in [0.05, 0.1) is 5.75 Å². The smallest absolute Gasteiger partial charge is 0.316 e. The number of aryl methyl sites for hydroxylation is 2. The summed E-state index contributed by atoms with van der Waals surface area (Å²) < 4.78 is 5.88. The van der Waals surface area contributed by atoms with Crippen LogP contribution < -0.4 is 5.32 Å². The molecule has 4 nitrogen and oxygen atoms in total. The van der Waals surface area contributed by atoms with Gasteiger partial charge in [-0.2, -0.15) is 0 Å². The van der Waals surface area contributed by atoms with Crippen LogP contribution in [-0.2, 0) is 14.3 Å². The first-order valence-electron chi connectivity index (χ1n) is 7.35. The van der Waals surface area contributed by atoms with E-state index in [1.54, 1.807) is 12.1 Å². The SMILES string of the molecule is Cc1ccc(C)c(SCC(=O)OCC(=O)Nc2cccc(Br)c2)c1. The maximum Gasteiger partial charge on any atom is 0.316 e. The Morgan fingerprint density at radius 3 is 2.71 bits per heavy atom. The minimum Gasteiger partial charge on any atom is -0.455 e. The van der Waals surface area contributed by atoms with E-state index in [9.17, 15) is 9.59 Å². The molecule has 126 valence electrons. The molecule has 1 amide bonds. The normalized spacial score (nSPS) is 10.3. The molecule has 0 heterocycles. The van der Waals surface area contributed by atoms with Crippen molar-refractivity contribution in [2.75, 3.05) is 17.7 Å². The zero-order valence-corrected chi connectivity index (χ0v) is 15.9. The Kier molecular flexibility index (Phi) is 6.87. The van der Waals surface area contributed by atoms with Gasteiger partial charge < -0.3 is 10.1 Å². The molecule has 0 aliphatic heterocycles. The van der Waals surface area contributed by atoms with E-state index >= 15 is 0 Å². The summed E-state index contributed by atoms with van der Waals surface area (Å²) in [6.07, 6.45) is 0. The number of halogens is 1.